The van der Waals surface area contributed by atoms with E-state index in [9.17, 15) is 15.3 Å². The fourth-order valence-electron chi connectivity index (χ4n) is 4.72. The lowest BCUT2D eigenvalue weighted by atomic mass is 9.70. The molecule has 0 aliphatic heterocycles. The maximum absolute atomic E-state index is 10.9. The van der Waals surface area contributed by atoms with E-state index in [1.165, 1.54) is 19.3 Å². The van der Waals surface area contributed by atoms with E-state index in [2.05, 4.69) is 49.7 Å². The van der Waals surface area contributed by atoms with Gasteiger partial charge < -0.3 is 15.3 Å². The molecule has 2 rings (SSSR count). The van der Waals surface area contributed by atoms with E-state index in [4.69, 9.17) is 0 Å². The van der Waals surface area contributed by atoms with Gasteiger partial charge in [-0.2, -0.15) is 0 Å². The molecule has 1 aromatic rings. The lowest BCUT2D eigenvalue weighted by Crippen LogP contribution is -2.24. The van der Waals surface area contributed by atoms with Crippen LogP contribution in [0.2, 0.25) is 0 Å². The molecule has 0 aromatic heterocycles. The van der Waals surface area contributed by atoms with Crippen LogP contribution < -0.4 is 0 Å². The molecule has 1 aromatic carbocycles. The van der Waals surface area contributed by atoms with Gasteiger partial charge in [0.15, 0.2) is 0 Å². The number of allylic oxidation sites excluding steroid dienone is 1. The van der Waals surface area contributed by atoms with Gasteiger partial charge in [-0.05, 0) is 72.1 Å². The lowest BCUT2D eigenvalue weighted by Gasteiger charge is -2.35. The molecule has 1 aliphatic carbocycles. The van der Waals surface area contributed by atoms with E-state index in [1.807, 2.05) is 12.1 Å². The summed E-state index contributed by atoms with van der Waals surface area (Å²) in [4.78, 5) is 0. The van der Waals surface area contributed by atoms with Crippen LogP contribution in [0.1, 0.15) is 89.7 Å². The molecule has 1 aliphatic rings. The summed E-state index contributed by atoms with van der Waals surface area (Å²) in [5.41, 5.74) is 2.55. The number of phenols is 2. The number of hydrogen-bond acceptors (Lipinski definition) is 3. The van der Waals surface area contributed by atoms with Gasteiger partial charge in [0.1, 0.15) is 11.5 Å². The topological polar surface area (TPSA) is 60.7 Å². The molecular weight excluding hydrogens is 428 g/mol. The molecule has 0 saturated heterocycles. The number of halogens is 1. The molecule has 0 heterocycles. The van der Waals surface area contributed by atoms with E-state index in [1.54, 1.807) is 0 Å². The highest BCUT2D eigenvalue weighted by molar-refractivity contribution is 9.09. The van der Waals surface area contributed by atoms with Gasteiger partial charge in [-0.15, -0.1) is 0 Å². The second-order valence-corrected chi connectivity index (χ2v) is 10.4. The minimum absolute atomic E-state index is 0.0311. The summed E-state index contributed by atoms with van der Waals surface area (Å²) in [5, 5.41) is 32.6. The van der Waals surface area contributed by atoms with Crippen LogP contribution >= 0.6 is 15.9 Å². The number of rotatable bonds is 10. The van der Waals surface area contributed by atoms with Crippen LogP contribution in [-0.4, -0.2) is 27.3 Å². The van der Waals surface area contributed by atoms with Crippen molar-refractivity contribution in [3.63, 3.8) is 0 Å². The maximum atomic E-state index is 10.9. The van der Waals surface area contributed by atoms with Gasteiger partial charge in [0.25, 0.3) is 0 Å². The maximum Gasteiger partial charge on any atom is 0.123 e. The number of hydrogen-bond donors (Lipinski definition) is 3. The number of benzene rings is 1. The van der Waals surface area contributed by atoms with Crippen molar-refractivity contribution in [1.29, 1.82) is 0 Å². The molecule has 2 atom stereocenters. The molecule has 0 unspecified atom stereocenters. The van der Waals surface area contributed by atoms with Crippen molar-refractivity contribution in [2.45, 2.75) is 84.0 Å². The number of unbranched alkanes of at least 4 members (excludes halogenated alkanes) is 3. The largest absolute Gasteiger partial charge is 0.508 e. The normalized spacial score (nSPS) is 20.2. The average Bonchev–Trinajstić information content (AvgIpc) is 2.66. The summed E-state index contributed by atoms with van der Waals surface area (Å²) < 4.78 is 0. The fraction of sp³-hybridized carbons (Fsp3) is 0.680. The SMILES string of the molecule is CC(C)[C@@H]1CC=C(CO)C[C@H]1c1c(O)cc(C(C)(C)CCCCCCBr)cc1O. The van der Waals surface area contributed by atoms with Gasteiger partial charge in [-0.25, -0.2) is 0 Å². The van der Waals surface area contributed by atoms with Gasteiger partial charge in [-0.3, -0.25) is 0 Å². The Morgan fingerprint density at radius 1 is 1.07 bits per heavy atom. The fourth-order valence-corrected chi connectivity index (χ4v) is 5.12. The van der Waals surface area contributed by atoms with Crippen molar-refractivity contribution >= 4 is 15.9 Å². The van der Waals surface area contributed by atoms with Crippen LogP contribution in [0.3, 0.4) is 0 Å². The van der Waals surface area contributed by atoms with Crippen LogP contribution in [0.25, 0.3) is 0 Å². The molecular formula is C25H39BrO3. The van der Waals surface area contributed by atoms with Crippen molar-refractivity contribution in [2.24, 2.45) is 11.8 Å². The van der Waals surface area contributed by atoms with Gasteiger partial charge in [0, 0.05) is 10.9 Å². The monoisotopic (exact) mass is 466 g/mol. The molecule has 4 heteroatoms. The predicted molar refractivity (Wildman–Crippen MR) is 125 cm³/mol. The first-order valence-corrected chi connectivity index (χ1v) is 12.2. The summed E-state index contributed by atoms with van der Waals surface area (Å²) >= 11 is 3.48. The Bertz CT molecular complexity index is 670. The third-order valence-corrected chi connectivity index (χ3v) is 7.27. The second-order valence-electron chi connectivity index (χ2n) is 9.64. The van der Waals surface area contributed by atoms with E-state index >= 15 is 0 Å². The van der Waals surface area contributed by atoms with Crippen LogP contribution in [0, 0.1) is 11.8 Å². The predicted octanol–water partition coefficient (Wildman–Crippen LogP) is 6.79. The minimum Gasteiger partial charge on any atom is -0.508 e. The van der Waals surface area contributed by atoms with Gasteiger partial charge in [0.2, 0.25) is 0 Å². The molecule has 0 bridgehead atoms. The number of aliphatic hydroxyl groups excluding tert-OH is 1. The highest BCUT2D eigenvalue weighted by Crippen LogP contribution is 2.49. The standard InChI is InChI=1S/C25H39BrO3/c1-17(2)20-10-9-18(16-27)13-21(20)24-22(28)14-19(15-23(24)29)25(3,4)11-7-5-6-8-12-26/h9,14-15,17,20-21,27-29H,5-8,10-13,16H2,1-4H3/t20-,21+/m0/s1. The van der Waals surface area contributed by atoms with Gasteiger partial charge in [-0.1, -0.05) is 69.0 Å². The number of phenolic OH excluding ortho intramolecular Hbond substituents is 2. The summed E-state index contributed by atoms with van der Waals surface area (Å²) in [7, 11) is 0. The first kappa shape index (κ1) is 24.3. The third-order valence-electron chi connectivity index (χ3n) is 6.71. The average molecular weight is 467 g/mol. The molecule has 29 heavy (non-hydrogen) atoms. The third kappa shape index (κ3) is 6.24. The zero-order chi connectivity index (χ0) is 21.6. The molecule has 0 spiro atoms. The van der Waals surface area contributed by atoms with Gasteiger partial charge in [0.05, 0.1) is 6.61 Å². The van der Waals surface area contributed by atoms with E-state index in [0.29, 0.717) is 23.8 Å². The van der Waals surface area contributed by atoms with E-state index < -0.39 is 0 Å². The van der Waals surface area contributed by atoms with Crippen molar-refractivity contribution in [3.05, 3.63) is 34.9 Å². The summed E-state index contributed by atoms with van der Waals surface area (Å²) in [5.74, 6) is 1.20. The number of alkyl halides is 1. The number of aromatic hydroxyl groups is 2. The first-order chi connectivity index (χ1) is 13.7. The van der Waals surface area contributed by atoms with Crippen molar-refractivity contribution in [1.82, 2.24) is 0 Å². The Kier molecular flexibility index (Phi) is 9.09. The zero-order valence-electron chi connectivity index (χ0n) is 18.5. The first-order valence-electron chi connectivity index (χ1n) is 11.1. The molecule has 3 N–H and O–H groups in total. The highest BCUT2D eigenvalue weighted by Gasteiger charge is 2.34. The number of aliphatic hydroxyl groups is 1. The second kappa shape index (κ2) is 10.9. The Morgan fingerprint density at radius 2 is 1.69 bits per heavy atom. The summed E-state index contributed by atoms with van der Waals surface area (Å²) in [6.07, 6.45) is 9.52. The minimum atomic E-state index is -0.0952. The molecule has 3 nitrogen and oxygen atoms in total. The van der Waals surface area contributed by atoms with Crippen LogP contribution in [0.4, 0.5) is 0 Å². The van der Waals surface area contributed by atoms with Crippen LogP contribution in [-0.2, 0) is 5.41 Å². The van der Waals surface area contributed by atoms with Crippen molar-refractivity contribution < 1.29 is 15.3 Å². The molecule has 0 amide bonds. The Balaban J connectivity index is 2.25. The molecule has 0 saturated carbocycles. The van der Waals surface area contributed by atoms with Gasteiger partial charge >= 0.3 is 0 Å². The summed E-state index contributed by atoms with van der Waals surface area (Å²) in [6.45, 7) is 8.81. The van der Waals surface area contributed by atoms with Crippen LogP contribution in [0.15, 0.2) is 23.8 Å². The highest BCUT2D eigenvalue weighted by atomic mass is 79.9. The molecule has 0 fully saturated rings. The van der Waals surface area contributed by atoms with E-state index in [0.717, 1.165) is 35.7 Å². The molecule has 0 radical (unpaired) electrons. The van der Waals surface area contributed by atoms with Crippen molar-refractivity contribution in [2.75, 3.05) is 11.9 Å². The zero-order valence-corrected chi connectivity index (χ0v) is 20.1. The van der Waals surface area contributed by atoms with Crippen molar-refractivity contribution in [3.8, 4) is 11.5 Å². The quantitative estimate of drug-likeness (QED) is 0.202. The Hall–Kier alpha value is -1.00. The summed E-state index contributed by atoms with van der Waals surface area (Å²) in [6, 6.07) is 3.73. The lowest BCUT2D eigenvalue weighted by molar-refractivity contribution is 0.267. The van der Waals surface area contributed by atoms with E-state index in [-0.39, 0.29) is 29.4 Å². The smallest absolute Gasteiger partial charge is 0.123 e. The van der Waals surface area contributed by atoms with Crippen LogP contribution in [0.5, 0.6) is 11.5 Å². The Morgan fingerprint density at radius 3 is 2.24 bits per heavy atom. The Labute approximate surface area is 185 Å². The molecule has 164 valence electrons.